The minimum atomic E-state index is -4.23. The lowest BCUT2D eigenvalue weighted by Gasteiger charge is -2.34. The molecule has 0 aromatic heterocycles. The van der Waals surface area contributed by atoms with Gasteiger partial charge in [0.05, 0.1) is 17.7 Å². The van der Waals surface area contributed by atoms with E-state index in [9.17, 15) is 22.4 Å². The number of methoxy groups -OCH3 is 1. The first-order valence-corrected chi connectivity index (χ1v) is 15.6. The Labute approximate surface area is 247 Å². The third-order valence-corrected chi connectivity index (χ3v) is 9.37. The van der Waals surface area contributed by atoms with E-state index in [1.54, 1.807) is 48.5 Å². The lowest BCUT2D eigenvalue weighted by atomic mass is 10.1. The Morgan fingerprint density at radius 1 is 1.00 bits per heavy atom. The number of aryl methyl sites for hydroxylation is 1. The Kier molecular flexibility index (Phi) is 10.2. The van der Waals surface area contributed by atoms with Crippen molar-refractivity contribution in [3.05, 3.63) is 89.7 Å². The van der Waals surface area contributed by atoms with E-state index < -0.39 is 34.3 Å². The molecule has 0 radical (unpaired) electrons. The van der Waals surface area contributed by atoms with Gasteiger partial charge in [-0.3, -0.25) is 13.9 Å². The Morgan fingerprint density at radius 3 is 2.26 bits per heavy atom. The van der Waals surface area contributed by atoms with Crippen LogP contribution in [0.1, 0.15) is 50.2 Å². The van der Waals surface area contributed by atoms with Crippen molar-refractivity contribution in [2.24, 2.45) is 0 Å². The number of carbonyl (C=O) groups is 2. The molecule has 1 saturated carbocycles. The molecule has 1 N–H and O–H groups in total. The van der Waals surface area contributed by atoms with Gasteiger partial charge in [-0.25, -0.2) is 12.8 Å². The number of carbonyl (C=O) groups excluding carboxylic acids is 2. The topological polar surface area (TPSA) is 96.0 Å². The maximum Gasteiger partial charge on any atom is 0.264 e. The summed E-state index contributed by atoms with van der Waals surface area (Å²) in [5.74, 6) is -1.01. The minimum absolute atomic E-state index is 0.0000502. The van der Waals surface area contributed by atoms with E-state index in [2.05, 4.69) is 5.32 Å². The van der Waals surface area contributed by atoms with E-state index in [-0.39, 0.29) is 34.8 Å². The number of rotatable bonds is 12. The first-order valence-electron chi connectivity index (χ1n) is 14.2. The predicted molar refractivity (Wildman–Crippen MR) is 160 cm³/mol. The molecule has 1 aliphatic rings. The normalized spacial score (nSPS) is 14.3. The highest BCUT2D eigenvalue weighted by Gasteiger charge is 2.35. The molecule has 42 heavy (non-hydrogen) atoms. The molecule has 0 bridgehead atoms. The molecule has 1 unspecified atom stereocenters. The maximum atomic E-state index is 14.2. The standard InChI is InChI=1S/C32H38FN3O5S/c1-4-28(32(38)34-26-9-5-6-10-26)35(21-24-15-17-25(33)18-16-24)31(37)22-36(29-11-7-8-12-30(29)41-3)42(39,40)27-19-13-23(2)14-20-27/h7-8,11-20,26,28H,4-6,9-10,21-22H2,1-3H3,(H,34,38). The number of ether oxygens (including phenoxy) is 1. The van der Waals surface area contributed by atoms with Gasteiger partial charge >= 0.3 is 0 Å². The Balaban J connectivity index is 1.74. The van der Waals surface area contributed by atoms with Crippen LogP contribution < -0.4 is 14.4 Å². The summed E-state index contributed by atoms with van der Waals surface area (Å²) in [5.41, 5.74) is 1.69. The molecule has 0 heterocycles. The van der Waals surface area contributed by atoms with E-state index >= 15 is 0 Å². The summed E-state index contributed by atoms with van der Waals surface area (Å²) in [4.78, 5) is 29.1. The quantitative estimate of drug-likeness (QED) is 0.310. The summed E-state index contributed by atoms with van der Waals surface area (Å²) in [5, 5.41) is 3.08. The number of hydrogen-bond donors (Lipinski definition) is 1. The van der Waals surface area contributed by atoms with E-state index in [4.69, 9.17) is 4.74 Å². The number of benzene rings is 3. The minimum Gasteiger partial charge on any atom is -0.495 e. The van der Waals surface area contributed by atoms with Crippen molar-refractivity contribution in [2.45, 2.75) is 69.5 Å². The van der Waals surface area contributed by atoms with Crippen molar-refractivity contribution < 1.29 is 27.1 Å². The lowest BCUT2D eigenvalue weighted by molar-refractivity contribution is -0.140. The van der Waals surface area contributed by atoms with Crippen LogP contribution in [-0.2, 0) is 26.2 Å². The Morgan fingerprint density at radius 2 is 1.64 bits per heavy atom. The number of amides is 2. The van der Waals surface area contributed by atoms with Crippen LogP contribution in [0.15, 0.2) is 77.7 Å². The van der Waals surface area contributed by atoms with E-state index in [1.807, 2.05) is 13.8 Å². The molecule has 1 fully saturated rings. The van der Waals surface area contributed by atoms with Crippen LogP contribution in [0.25, 0.3) is 0 Å². The summed E-state index contributed by atoms with van der Waals surface area (Å²) >= 11 is 0. The summed E-state index contributed by atoms with van der Waals surface area (Å²) in [6.45, 7) is 3.09. The fourth-order valence-electron chi connectivity index (χ4n) is 5.26. The zero-order chi connectivity index (χ0) is 30.3. The molecule has 0 spiro atoms. The van der Waals surface area contributed by atoms with Crippen molar-refractivity contribution in [2.75, 3.05) is 18.0 Å². The fraction of sp³-hybridized carbons (Fsp3) is 0.375. The van der Waals surface area contributed by atoms with Gasteiger partial charge in [-0.2, -0.15) is 0 Å². The highest BCUT2D eigenvalue weighted by atomic mass is 32.2. The first kappa shape index (κ1) is 31.0. The van der Waals surface area contributed by atoms with Gasteiger partial charge in [-0.05, 0) is 68.1 Å². The number of hydrogen-bond acceptors (Lipinski definition) is 5. The van der Waals surface area contributed by atoms with Gasteiger partial charge < -0.3 is 15.0 Å². The van der Waals surface area contributed by atoms with Crippen LogP contribution >= 0.6 is 0 Å². The van der Waals surface area contributed by atoms with Crippen molar-refractivity contribution >= 4 is 27.5 Å². The second kappa shape index (κ2) is 13.8. The molecule has 0 saturated heterocycles. The molecule has 10 heteroatoms. The van der Waals surface area contributed by atoms with Crippen LogP contribution in [0.5, 0.6) is 5.75 Å². The number of halogens is 1. The van der Waals surface area contributed by atoms with Crippen molar-refractivity contribution in [3.8, 4) is 5.75 Å². The fourth-order valence-corrected chi connectivity index (χ4v) is 6.68. The first-order chi connectivity index (χ1) is 20.1. The average molecular weight is 596 g/mol. The number of sulfonamides is 1. The van der Waals surface area contributed by atoms with Crippen molar-refractivity contribution in [1.29, 1.82) is 0 Å². The highest BCUT2D eigenvalue weighted by molar-refractivity contribution is 7.92. The average Bonchev–Trinajstić information content (AvgIpc) is 3.50. The van der Waals surface area contributed by atoms with Crippen molar-refractivity contribution in [1.82, 2.24) is 10.2 Å². The largest absolute Gasteiger partial charge is 0.495 e. The van der Waals surface area contributed by atoms with Crippen LogP contribution in [0, 0.1) is 12.7 Å². The molecule has 0 aliphatic heterocycles. The van der Waals surface area contributed by atoms with Gasteiger partial charge in [0.25, 0.3) is 10.0 Å². The SMILES string of the molecule is CCC(C(=O)NC1CCCC1)N(Cc1ccc(F)cc1)C(=O)CN(c1ccccc1OC)S(=O)(=O)c1ccc(C)cc1. The Bertz CT molecular complexity index is 1470. The van der Waals surface area contributed by atoms with Crippen LogP contribution in [0.2, 0.25) is 0 Å². The summed E-state index contributed by atoms with van der Waals surface area (Å²) in [7, 11) is -2.80. The van der Waals surface area contributed by atoms with E-state index in [0.717, 1.165) is 35.6 Å². The van der Waals surface area contributed by atoms with Crippen LogP contribution in [0.3, 0.4) is 0 Å². The molecule has 1 atom stereocenters. The van der Waals surface area contributed by atoms with Gasteiger partial charge in [0, 0.05) is 12.6 Å². The summed E-state index contributed by atoms with van der Waals surface area (Å²) in [6.07, 6.45) is 4.13. The number of nitrogens with one attached hydrogen (secondary N) is 1. The summed E-state index contributed by atoms with van der Waals surface area (Å²) < 4.78 is 48.3. The number of para-hydroxylation sites is 2. The molecule has 8 nitrogen and oxygen atoms in total. The molecule has 224 valence electrons. The molecule has 2 amide bonds. The molecular weight excluding hydrogens is 557 g/mol. The monoisotopic (exact) mass is 595 g/mol. The van der Waals surface area contributed by atoms with Crippen molar-refractivity contribution in [3.63, 3.8) is 0 Å². The Hall–Kier alpha value is -3.92. The van der Waals surface area contributed by atoms with Gasteiger partial charge in [-0.1, -0.05) is 61.7 Å². The van der Waals surface area contributed by atoms with Gasteiger partial charge in [0.15, 0.2) is 0 Å². The lowest BCUT2D eigenvalue weighted by Crippen LogP contribution is -2.53. The van der Waals surface area contributed by atoms with Crippen LogP contribution in [-0.4, -0.2) is 50.9 Å². The van der Waals surface area contributed by atoms with E-state index in [1.165, 1.54) is 36.3 Å². The highest BCUT2D eigenvalue weighted by Crippen LogP contribution is 2.33. The molecule has 1 aliphatic carbocycles. The van der Waals surface area contributed by atoms with Gasteiger partial charge in [-0.15, -0.1) is 0 Å². The summed E-state index contributed by atoms with van der Waals surface area (Å²) in [6, 6.07) is 17.8. The molecule has 4 rings (SSSR count). The molecule has 3 aromatic rings. The second-order valence-corrected chi connectivity index (χ2v) is 12.4. The predicted octanol–water partition coefficient (Wildman–Crippen LogP) is 5.20. The second-order valence-electron chi connectivity index (χ2n) is 10.6. The number of anilines is 1. The molecule has 3 aromatic carbocycles. The maximum absolute atomic E-state index is 14.2. The molecular formula is C32H38FN3O5S. The zero-order valence-electron chi connectivity index (χ0n) is 24.3. The van der Waals surface area contributed by atoms with Gasteiger partial charge in [0.2, 0.25) is 11.8 Å². The zero-order valence-corrected chi connectivity index (χ0v) is 25.1. The third kappa shape index (κ3) is 7.28. The third-order valence-electron chi connectivity index (χ3n) is 7.60. The van der Waals surface area contributed by atoms with E-state index in [0.29, 0.717) is 12.0 Å². The smallest absolute Gasteiger partial charge is 0.264 e. The number of nitrogens with zero attached hydrogens (tertiary/aromatic N) is 2. The van der Waals surface area contributed by atoms with Crippen LogP contribution in [0.4, 0.5) is 10.1 Å². The van der Waals surface area contributed by atoms with Gasteiger partial charge in [0.1, 0.15) is 24.2 Å².